The molecule has 5 nitrogen and oxygen atoms in total. The maximum Gasteiger partial charge on any atom is 0.226 e. The summed E-state index contributed by atoms with van der Waals surface area (Å²) in [5.41, 5.74) is 5.96. The first-order valence-corrected chi connectivity index (χ1v) is 7.15. The molecule has 1 heterocycles. The van der Waals surface area contributed by atoms with Crippen molar-refractivity contribution in [2.75, 3.05) is 13.1 Å². The minimum atomic E-state index is -0.810. The van der Waals surface area contributed by atoms with E-state index < -0.39 is 12.2 Å². The van der Waals surface area contributed by atoms with Crippen LogP contribution in [0.15, 0.2) is 0 Å². The molecule has 2 rings (SSSR count). The fourth-order valence-corrected chi connectivity index (χ4v) is 3.46. The second-order valence-electron chi connectivity index (χ2n) is 6.78. The van der Waals surface area contributed by atoms with Crippen LogP contribution in [0.5, 0.6) is 0 Å². The van der Waals surface area contributed by atoms with Crippen LogP contribution < -0.4 is 5.73 Å². The summed E-state index contributed by atoms with van der Waals surface area (Å²) in [5, 5.41) is 19.2. The van der Waals surface area contributed by atoms with Crippen LogP contribution in [-0.4, -0.2) is 52.4 Å². The first-order chi connectivity index (χ1) is 8.75. The van der Waals surface area contributed by atoms with E-state index in [-0.39, 0.29) is 42.3 Å². The van der Waals surface area contributed by atoms with Gasteiger partial charge in [0.2, 0.25) is 5.91 Å². The minimum Gasteiger partial charge on any atom is -0.388 e. The fourth-order valence-electron chi connectivity index (χ4n) is 3.46. The van der Waals surface area contributed by atoms with E-state index >= 15 is 0 Å². The van der Waals surface area contributed by atoms with E-state index in [1.54, 1.807) is 4.90 Å². The lowest BCUT2D eigenvalue weighted by Crippen LogP contribution is -2.52. The maximum absolute atomic E-state index is 12.6. The molecule has 19 heavy (non-hydrogen) atoms. The summed E-state index contributed by atoms with van der Waals surface area (Å²) in [4.78, 5) is 14.2. The summed E-state index contributed by atoms with van der Waals surface area (Å²) < 4.78 is 0. The molecule has 2 aliphatic rings. The highest BCUT2D eigenvalue weighted by Gasteiger charge is 2.47. The summed E-state index contributed by atoms with van der Waals surface area (Å²) in [5.74, 6) is 0.270. The van der Waals surface area contributed by atoms with Crippen molar-refractivity contribution in [3.05, 3.63) is 0 Å². The third kappa shape index (κ3) is 2.51. The lowest BCUT2D eigenvalue weighted by Gasteiger charge is -2.47. The van der Waals surface area contributed by atoms with E-state index in [1.807, 2.05) is 0 Å². The highest BCUT2D eigenvalue weighted by molar-refractivity contribution is 5.80. The molecule has 5 unspecified atom stereocenters. The van der Waals surface area contributed by atoms with Gasteiger partial charge in [-0.15, -0.1) is 0 Å². The SMILES string of the molecule is CC1C(N)CCC(C(=O)N2CC(O)C(O)C2)C1(C)C. The van der Waals surface area contributed by atoms with Gasteiger partial charge in [-0.1, -0.05) is 20.8 Å². The molecule has 110 valence electrons. The Balaban J connectivity index is 2.11. The fraction of sp³-hybridized carbons (Fsp3) is 0.929. The van der Waals surface area contributed by atoms with Gasteiger partial charge in [0.25, 0.3) is 0 Å². The molecular weight excluding hydrogens is 244 g/mol. The zero-order chi connectivity index (χ0) is 14.4. The normalized spacial score (nSPS) is 42.4. The molecule has 2 fully saturated rings. The van der Waals surface area contributed by atoms with Gasteiger partial charge in [0.05, 0.1) is 12.2 Å². The van der Waals surface area contributed by atoms with Crippen LogP contribution in [0.4, 0.5) is 0 Å². The number of aliphatic hydroxyl groups is 2. The van der Waals surface area contributed by atoms with Gasteiger partial charge in [-0.25, -0.2) is 0 Å². The molecule has 0 radical (unpaired) electrons. The largest absolute Gasteiger partial charge is 0.388 e. The van der Waals surface area contributed by atoms with Gasteiger partial charge in [0, 0.05) is 25.0 Å². The van der Waals surface area contributed by atoms with Crippen molar-refractivity contribution in [1.29, 1.82) is 0 Å². The van der Waals surface area contributed by atoms with Crippen LogP contribution in [0.25, 0.3) is 0 Å². The van der Waals surface area contributed by atoms with E-state index in [9.17, 15) is 15.0 Å². The monoisotopic (exact) mass is 270 g/mol. The predicted molar refractivity (Wildman–Crippen MR) is 72.2 cm³/mol. The van der Waals surface area contributed by atoms with Gasteiger partial charge in [0.1, 0.15) is 0 Å². The molecule has 0 aromatic rings. The quantitative estimate of drug-likeness (QED) is 0.623. The summed E-state index contributed by atoms with van der Waals surface area (Å²) >= 11 is 0. The summed E-state index contributed by atoms with van der Waals surface area (Å²) in [7, 11) is 0. The Hall–Kier alpha value is -0.650. The lowest BCUT2D eigenvalue weighted by atomic mass is 9.61. The average Bonchev–Trinajstić information content (AvgIpc) is 2.66. The molecule has 0 spiro atoms. The summed E-state index contributed by atoms with van der Waals surface area (Å²) in [6.45, 7) is 6.79. The van der Waals surface area contributed by atoms with Crippen molar-refractivity contribution >= 4 is 5.91 Å². The molecule has 1 saturated carbocycles. The standard InChI is InChI=1S/C14H26N2O3/c1-8-10(15)5-4-9(14(8,2)3)13(19)16-6-11(17)12(18)7-16/h8-12,17-18H,4-7,15H2,1-3H3. The molecule has 1 amide bonds. The molecular formula is C14H26N2O3. The number of hydrogen-bond acceptors (Lipinski definition) is 4. The first kappa shape index (κ1) is 14.8. The summed E-state index contributed by atoms with van der Waals surface area (Å²) in [6.07, 6.45) is 0.0330. The van der Waals surface area contributed by atoms with Crippen molar-refractivity contribution in [3.8, 4) is 0 Å². The number of β-amino-alcohol motifs (C(OH)–C–C–N with tert-alkyl or cyclic N) is 2. The Morgan fingerprint density at radius 2 is 1.74 bits per heavy atom. The smallest absolute Gasteiger partial charge is 0.226 e. The zero-order valence-corrected chi connectivity index (χ0v) is 12.0. The zero-order valence-electron chi connectivity index (χ0n) is 12.0. The van der Waals surface area contributed by atoms with Gasteiger partial charge < -0.3 is 20.8 Å². The van der Waals surface area contributed by atoms with E-state index in [2.05, 4.69) is 20.8 Å². The van der Waals surface area contributed by atoms with Crippen molar-refractivity contribution < 1.29 is 15.0 Å². The van der Waals surface area contributed by atoms with Crippen LogP contribution in [0.1, 0.15) is 33.6 Å². The van der Waals surface area contributed by atoms with Gasteiger partial charge in [-0.3, -0.25) is 4.79 Å². The van der Waals surface area contributed by atoms with Crippen molar-refractivity contribution in [2.45, 2.75) is 51.9 Å². The number of aliphatic hydroxyl groups excluding tert-OH is 2. The van der Waals surface area contributed by atoms with Crippen LogP contribution in [0.2, 0.25) is 0 Å². The van der Waals surface area contributed by atoms with Gasteiger partial charge in [-0.05, 0) is 24.2 Å². The van der Waals surface area contributed by atoms with Gasteiger partial charge in [0.15, 0.2) is 0 Å². The summed E-state index contributed by atoms with van der Waals surface area (Å²) in [6, 6.07) is 0.147. The Kier molecular flexibility index (Phi) is 3.91. The van der Waals surface area contributed by atoms with Crippen LogP contribution in [-0.2, 0) is 4.79 Å². The number of hydrogen-bond donors (Lipinski definition) is 3. The maximum atomic E-state index is 12.6. The van der Waals surface area contributed by atoms with Gasteiger partial charge >= 0.3 is 0 Å². The number of amides is 1. The van der Waals surface area contributed by atoms with Crippen molar-refractivity contribution in [1.82, 2.24) is 4.90 Å². The second kappa shape index (κ2) is 5.04. The third-order valence-corrected chi connectivity index (χ3v) is 5.37. The minimum absolute atomic E-state index is 0.0550. The first-order valence-electron chi connectivity index (χ1n) is 7.15. The Labute approximate surface area is 114 Å². The van der Waals surface area contributed by atoms with Crippen LogP contribution >= 0.6 is 0 Å². The molecule has 4 N–H and O–H groups in total. The molecule has 5 atom stereocenters. The van der Waals surface area contributed by atoms with E-state index in [4.69, 9.17) is 5.73 Å². The number of nitrogens with two attached hydrogens (primary N) is 1. The molecule has 0 aromatic carbocycles. The Bertz CT molecular complexity index is 349. The molecule has 1 aliphatic heterocycles. The van der Waals surface area contributed by atoms with Crippen LogP contribution in [0.3, 0.4) is 0 Å². The molecule has 5 heteroatoms. The molecule has 1 saturated heterocycles. The number of rotatable bonds is 1. The highest BCUT2D eigenvalue weighted by Crippen LogP contribution is 2.45. The predicted octanol–water partition coefficient (Wildman–Crippen LogP) is -0.0500. The van der Waals surface area contributed by atoms with E-state index in [0.29, 0.717) is 0 Å². The molecule has 0 aromatic heterocycles. The third-order valence-electron chi connectivity index (χ3n) is 5.37. The number of carbonyl (C=O) groups is 1. The van der Waals surface area contributed by atoms with Crippen LogP contribution in [0, 0.1) is 17.3 Å². The lowest BCUT2D eigenvalue weighted by molar-refractivity contribution is -0.143. The van der Waals surface area contributed by atoms with Crippen molar-refractivity contribution in [3.63, 3.8) is 0 Å². The topological polar surface area (TPSA) is 86.8 Å². The number of likely N-dealkylation sites (tertiary alicyclic amines) is 1. The van der Waals surface area contributed by atoms with Crippen molar-refractivity contribution in [2.24, 2.45) is 23.0 Å². The second-order valence-corrected chi connectivity index (χ2v) is 6.78. The number of carbonyl (C=O) groups excluding carboxylic acids is 1. The Morgan fingerprint density at radius 1 is 1.21 bits per heavy atom. The molecule has 0 bridgehead atoms. The van der Waals surface area contributed by atoms with E-state index in [1.165, 1.54) is 0 Å². The molecule has 1 aliphatic carbocycles. The highest BCUT2D eigenvalue weighted by atomic mass is 16.3. The van der Waals surface area contributed by atoms with Gasteiger partial charge in [-0.2, -0.15) is 0 Å². The van der Waals surface area contributed by atoms with E-state index in [0.717, 1.165) is 12.8 Å². The Morgan fingerprint density at radius 3 is 2.26 bits per heavy atom. The average molecular weight is 270 g/mol. The number of nitrogens with zero attached hydrogens (tertiary/aromatic N) is 1.